The summed E-state index contributed by atoms with van der Waals surface area (Å²) in [4.78, 5) is 22.7. The third kappa shape index (κ3) is 4.89. The minimum absolute atomic E-state index is 0.0253. The molecule has 0 bridgehead atoms. The van der Waals surface area contributed by atoms with Gasteiger partial charge in [-0.2, -0.15) is 0 Å². The van der Waals surface area contributed by atoms with Crippen LogP contribution in [0.5, 0.6) is 0 Å². The fourth-order valence-corrected chi connectivity index (χ4v) is 1.71. The highest BCUT2D eigenvalue weighted by atomic mass is 35.5. The number of amides is 3. The maximum absolute atomic E-state index is 11.7. The van der Waals surface area contributed by atoms with E-state index in [1.165, 1.54) is 7.05 Å². The average molecular weight is 284 g/mol. The number of urea groups is 1. The second-order valence-electron chi connectivity index (χ2n) is 4.23. The first-order valence-electron chi connectivity index (χ1n) is 5.98. The van der Waals surface area contributed by atoms with E-state index in [0.717, 1.165) is 5.56 Å². The van der Waals surface area contributed by atoms with Crippen LogP contribution in [0.2, 0.25) is 5.02 Å². The van der Waals surface area contributed by atoms with E-state index in [1.807, 2.05) is 19.1 Å². The van der Waals surface area contributed by atoms with Crippen LogP contribution in [-0.2, 0) is 4.79 Å². The summed E-state index contributed by atoms with van der Waals surface area (Å²) in [7, 11) is 1.46. The van der Waals surface area contributed by atoms with Gasteiger partial charge in [0.15, 0.2) is 0 Å². The number of rotatable bonds is 4. The van der Waals surface area contributed by atoms with Gasteiger partial charge in [0.05, 0.1) is 6.04 Å². The maximum atomic E-state index is 11.7. The van der Waals surface area contributed by atoms with E-state index in [1.54, 1.807) is 19.1 Å². The predicted octanol–water partition coefficient (Wildman–Crippen LogP) is 1.83. The van der Waals surface area contributed by atoms with E-state index in [-0.39, 0.29) is 11.9 Å². The van der Waals surface area contributed by atoms with Gasteiger partial charge in [-0.1, -0.05) is 23.7 Å². The monoisotopic (exact) mass is 283 g/mol. The summed E-state index contributed by atoms with van der Waals surface area (Å²) in [6.07, 6.45) is 0. The van der Waals surface area contributed by atoms with Crippen LogP contribution in [0.25, 0.3) is 0 Å². The zero-order valence-electron chi connectivity index (χ0n) is 11.2. The lowest BCUT2D eigenvalue weighted by molar-refractivity contribution is -0.121. The van der Waals surface area contributed by atoms with E-state index < -0.39 is 12.1 Å². The molecule has 1 aromatic carbocycles. The van der Waals surface area contributed by atoms with Gasteiger partial charge in [0.25, 0.3) is 0 Å². The van der Waals surface area contributed by atoms with Crippen molar-refractivity contribution in [1.29, 1.82) is 0 Å². The van der Waals surface area contributed by atoms with E-state index in [2.05, 4.69) is 16.0 Å². The van der Waals surface area contributed by atoms with Crippen molar-refractivity contribution in [2.45, 2.75) is 25.9 Å². The van der Waals surface area contributed by atoms with Crippen molar-refractivity contribution < 1.29 is 9.59 Å². The number of benzene rings is 1. The minimum Gasteiger partial charge on any atom is -0.341 e. The molecule has 0 saturated heterocycles. The summed E-state index contributed by atoms with van der Waals surface area (Å²) < 4.78 is 0. The molecule has 0 aliphatic carbocycles. The van der Waals surface area contributed by atoms with Crippen LogP contribution in [-0.4, -0.2) is 25.0 Å². The molecule has 0 saturated carbocycles. The van der Waals surface area contributed by atoms with Gasteiger partial charge in [0.2, 0.25) is 5.91 Å². The quantitative estimate of drug-likeness (QED) is 0.790. The molecule has 0 aromatic heterocycles. The average Bonchev–Trinajstić information content (AvgIpc) is 2.38. The van der Waals surface area contributed by atoms with Crippen molar-refractivity contribution in [1.82, 2.24) is 16.0 Å². The van der Waals surface area contributed by atoms with E-state index >= 15 is 0 Å². The molecule has 2 atom stereocenters. The van der Waals surface area contributed by atoms with Crippen molar-refractivity contribution in [2.24, 2.45) is 0 Å². The fraction of sp³-hybridized carbons (Fsp3) is 0.385. The van der Waals surface area contributed by atoms with Crippen LogP contribution < -0.4 is 16.0 Å². The highest BCUT2D eigenvalue weighted by molar-refractivity contribution is 6.30. The van der Waals surface area contributed by atoms with E-state index in [9.17, 15) is 9.59 Å². The summed E-state index contributed by atoms with van der Waals surface area (Å²) in [6.45, 7) is 3.64. The van der Waals surface area contributed by atoms with Crippen LogP contribution >= 0.6 is 11.6 Å². The highest BCUT2D eigenvalue weighted by Gasteiger charge is 2.17. The molecule has 1 aromatic rings. The summed E-state index contributed by atoms with van der Waals surface area (Å²) in [5, 5.41) is 8.33. The smallest absolute Gasteiger partial charge is 0.321 e. The van der Waals surface area contributed by atoms with Crippen LogP contribution in [0.4, 0.5) is 4.79 Å². The molecule has 5 nitrogen and oxygen atoms in total. The van der Waals surface area contributed by atoms with Crippen molar-refractivity contribution in [3.8, 4) is 0 Å². The van der Waals surface area contributed by atoms with Crippen molar-refractivity contribution in [3.63, 3.8) is 0 Å². The molecule has 0 aliphatic heterocycles. The lowest BCUT2D eigenvalue weighted by atomic mass is 10.1. The highest BCUT2D eigenvalue weighted by Crippen LogP contribution is 2.16. The predicted molar refractivity (Wildman–Crippen MR) is 75.1 cm³/mol. The third-order valence-electron chi connectivity index (χ3n) is 2.73. The molecule has 0 spiro atoms. The number of carbonyl (C=O) groups excluding carboxylic acids is 2. The van der Waals surface area contributed by atoms with Crippen molar-refractivity contribution >= 4 is 23.5 Å². The third-order valence-corrected chi connectivity index (χ3v) is 2.98. The molecule has 3 amide bonds. The number of hydrogen-bond donors (Lipinski definition) is 3. The number of hydrogen-bond acceptors (Lipinski definition) is 3. The molecule has 0 fully saturated rings. The second kappa shape index (κ2) is 7.11. The lowest BCUT2D eigenvalue weighted by Crippen LogP contribution is -2.47. The Kier molecular flexibility index (Phi) is 5.79. The Morgan fingerprint density at radius 1 is 1.16 bits per heavy atom. The summed E-state index contributed by atoms with van der Waals surface area (Å²) in [6, 6.07) is 6.35. The molecular formula is C13H18ClN3O2. The normalized spacial score (nSPS) is 13.5. The first-order valence-corrected chi connectivity index (χ1v) is 6.36. The van der Waals surface area contributed by atoms with Gasteiger partial charge in [-0.15, -0.1) is 0 Å². The van der Waals surface area contributed by atoms with Gasteiger partial charge in [-0.3, -0.25) is 15.4 Å². The van der Waals surface area contributed by atoms with Gasteiger partial charge >= 0.3 is 6.03 Å². The Bertz CT molecular complexity index is 448. The molecule has 6 heteroatoms. The molecule has 3 N–H and O–H groups in total. The van der Waals surface area contributed by atoms with Gasteiger partial charge in [-0.25, -0.2) is 4.79 Å². The van der Waals surface area contributed by atoms with Crippen LogP contribution in [0.3, 0.4) is 0 Å². The van der Waals surface area contributed by atoms with Gasteiger partial charge in [-0.05, 0) is 31.5 Å². The van der Waals surface area contributed by atoms with Crippen molar-refractivity contribution in [3.05, 3.63) is 34.9 Å². The first-order chi connectivity index (χ1) is 8.93. The molecule has 0 heterocycles. The van der Waals surface area contributed by atoms with Crippen LogP contribution in [0.1, 0.15) is 25.5 Å². The first kappa shape index (κ1) is 15.5. The Morgan fingerprint density at radius 3 is 2.26 bits per heavy atom. The molecule has 0 radical (unpaired) electrons. The summed E-state index contributed by atoms with van der Waals surface area (Å²) in [5.74, 6) is -0.375. The Hall–Kier alpha value is -1.59. The maximum Gasteiger partial charge on any atom is 0.321 e. The lowest BCUT2D eigenvalue weighted by Gasteiger charge is -2.19. The van der Waals surface area contributed by atoms with Crippen LogP contribution in [0, 0.1) is 0 Å². The van der Waals surface area contributed by atoms with Crippen molar-refractivity contribution in [2.75, 3.05) is 7.05 Å². The summed E-state index contributed by atoms with van der Waals surface area (Å²) >= 11 is 5.82. The van der Waals surface area contributed by atoms with E-state index in [0.29, 0.717) is 5.02 Å². The molecule has 19 heavy (non-hydrogen) atoms. The number of halogens is 1. The number of nitrogens with one attached hydrogen (secondary N) is 3. The number of carbonyl (C=O) groups is 2. The fourth-order valence-electron chi connectivity index (χ4n) is 1.58. The Morgan fingerprint density at radius 2 is 1.74 bits per heavy atom. The molecule has 0 unspecified atom stereocenters. The van der Waals surface area contributed by atoms with Gasteiger partial charge < -0.3 is 5.32 Å². The standard InChI is InChI=1S/C13H18ClN3O2/c1-8(10-4-6-11(14)7-5-10)16-9(2)12(18)17-13(19)15-3/h4-9,16H,1-3H3,(H2,15,17,18,19)/t8-,9-/m1/s1. The Labute approximate surface area is 117 Å². The largest absolute Gasteiger partial charge is 0.341 e. The van der Waals surface area contributed by atoms with E-state index in [4.69, 9.17) is 11.6 Å². The second-order valence-corrected chi connectivity index (χ2v) is 4.67. The zero-order chi connectivity index (χ0) is 14.4. The topological polar surface area (TPSA) is 70.2 Å². The number of imide groups is 1. The van der Waals surface area contributed by atoms with Crippen LogP contribution in [0.15, 0.2) is 24.3 Å². The molecular weight excluding hydrogens is 266 g/mol. The molecule has 104 valence electrons. The summed E-state index contributed by atoms with van der Waals surface area (Å²) in [5.41, 5.74) is 1.02. The van der Waals surface area contributed by atoms with Gasteiger partial charge in [0.1, 0.15) is 0 Å². The molecule has 1 rings (SSSR count). The zero-order valence-corrected chi connectivity index (χ0v) is 11.9. The molecule has 0 aliphatic rings. The SMILES string of the molecule is CNC(=O)NC(=O)[C@@H](C)N[C@H](C)c1ccc(Cl)cc1. The minimum atomic E-state index is -0.516. The Balaban J connectivity index is 2.56. The van der Waals surface area contributed by atoms with Gasteiger partial charge in [0, 0.05) is 18.1 Å².